The number of rotatable bonds is 2. The molecule has 2 nitrogen and oxygen atoms in total. The molecule has 3 N–H and O–H groups in total. The number of hydrogen-bond donors (Lipinski definition) is 2. The van der Waals surface area contributed by atoms with Crippen LogP contribution < -0.4 is 11.1 Å². The molecule has 2 aromatic rings. The average Bonchev–Trinajstić information content (AvgIpc) is 2.29. The van der Waals surface area contributed by atoms with Crippen LogP contribution in [0.1, 0.15) is 5.56 Å². The highest BCUT2D eigenvalue weighted by Gasteiger charge is 2.10. The summed E-state index contributed by atoms with van der Waals surface area (Å²) in [7, 11) is 0. The molecule has 0 spiro atoms. The molecule has 0 aliphatic heterocycles. The molecule has 0 radical (unpaired) electrons. The summed E-state index contributed by atoms with van der Waals surface area (Å²) >= 11 is 0. The van der Waals surface area contributed by atoms with Crippen molar-refractivity contribution in [2.75, 3.05) is 11.1 Å². The molecule has 0 aliphatic carbocycles. The van der Waals surface area contributed by atoms with Crippen LogP contribution in [0, 0.1) is 18.6 Å². The molecular formula is C13H12F2N2. The van der Waals surface area contributed by atoms with Gasteiger partial charge in [0, 0.05) is 0 Å². The number of nitrogens with two attached hydrogens (primary N) is 1. The zero-order valence-corrected chi connectivity index (χ0v) is 9.30. The van der Waals surface area contributed by atoms with Crippen molar-refractivity contribution in [2.45, 2.75) is 6.92 Å². The second kappa shape index (κ2) is 4.41. The molecule has 0 aromatic heterocycles. The van der Waals surface area contributed by atoms with Crippen LogP contribution in [0.2, 0.25) is 0 Å². The molecule has 0 atom stereocenters. The summed E-state index contributed by atoms with van der Waals surface area (Å²) in [5.41, 5.74) is 7.46. The number of anilines is 3. The third-order valence-electron chi connectivity index (χ3n) is 2.55. The van der Waals surface area contributed by atoms with Crippen LogP contribution in [-0.4, -0.2) is 0 Å². The van der Waals surface area contributed by atoms with Crippen LogP contribution in [0.25, 0.3) is 0 Å². The Morgan fingerprint density at radius 3 is 2.24 bits per heavy atom. The summed E-state index contributed by atoms with van der Waals surface area (Å²) in [6.45, 7) is 1.83. The monoisotopic (exact) mass is 234 g/mol. The first-order chi connectivity index (χ1) is 8.09. The van der Waals surface area contributed by atoms with Gasteiger partial charge in [0.1, 0.15) is 17.3 Å². The number of nitrogens with one attached hydrogen (secondary N) is 1. The fourth-order valence-corrected chi connectivity index (χ4v) is 1.54. The van der Waals surface area contributed by atoms with Crippen LogP contribution in [0.3, 0.4) is 0 Å². The lowest BCUT2D eigenvalue weighted by Crippen LogP contribution is -2.01. The van der Waals surface area contributed by atoms with Crippen LogP contribution in [0.5, 0.6) is 0 Å². The molecule has 0 bridgehead atoms. The first-order valence-electron chi connectivity index (χ1n) is 5.15. The predicted molar refractivity (Wildman–Crippen MR) is 65.2 cm³/mol. The van der Waals surface area contributed by atoms with Crippen molar-refractivity contribution >= 4 is 17.1 Å². The van der Waals surface area contributed by atoms with E-state index in [1.54, 1.807) is 12.1 Å². The molecule has 0 aliphatic rings. The first kappa shape index (κ1) is 11.4. The standard InChI is InChI=1S/C13H12F2N2/c1-8-4-2-7-11(12(8)16)17-13-9(14)5-3-6-10(13)15/h2-7,17H,16H2,1H3. The molecule has 4 heteroatoms. The van der Waals surface area contributed by atoms with Gasteiger partial charge in [-0.3, -0.25) is 0 Å². The Morgan fingerprint density at radius 2 is 1.59 bits per heavy atom. The van der Waals surface area contributed by atoms with E-state index in [4.69, 9.17) is 5.73 Å². The highest BCUT2D eigenvalue weighted by atomic mass is 19.1. The first-order valence-corrected chi connectivity index (χ1v) is 5.15. The highest BCUT2D eigenvalue weighted by Crippen LogP contribution is 2.28. The minimum Gasteiger partial charge on any atom is -0.397 e. The number of hydrogen-bond acceptors (Lipinski definition) is 2. The summed E-state index contributed by atoms with van der Waals surface area (Å²) < 4.78 is 26.9. The van der Waals surface area contributed by atoms with Gasteiger partial charge in [-0.05, 0) is 30.7 Å². The van der Waals surface area contributed by atoms with Crippen molar-refractivity contribution in [3.05, 3.63) is 53.6 Å². The van der Waals surface area contributed by atoms with Crippen molar-refractivity contribution in [1.82, 2.24) is 0 Å². The topological polar surface area (TPSA) is 38.0 Å². The van der Waals surface area contributed by atoms with E-state index in [2.05, 4.69) is 5.32 Å². The molecule has 2 aromatic carbocycles. The SMILES string of the molecule is Cc1cccc(Nc2c(F)cccc2F)c1N. The van der Waals surface area contributed by atoms with Gasteiger partial charge >= 0.3 is 0 Å². The largest absolute Gasteiger partial charge is 0.397 e. The second-order valence-corrected chi connectivity index (χ2v) is 3.76. The van der Waals surface area contributed by atoms with E-state index < -0.39 is 11.6 Å². The van der Waals surface area contributed by atoms with Gasteiger partial charge in [-0.2, -0.15) is 0 Å². The van der Waals surface area contributed by atoms with Crippen LogP contribution in [0.4, 0.5) is 25.8 Å². The Morgan fingerprint density at radius 1 is 1.00 bits per heavy atom. The van der Waals surface area contributed by atoms with Gasteiger partial charge in [0.25, 0.3) is 0 Å². The summed E-state index contributed by atoms with van der Waals surface area (Å²) in [4.78, 5) is 0. The van der Waals surface area contributed by atoms with Crippen molar-refractivity contribution < 1.29 is 8.78 Å². The van der Waals surface area contributed by atoms with Crippen molar-refractivity contribution in [2.24, 2.45) is 0 Å². The van der Waals surface area contributed by atoms with Gasteiger partial charge in [-0.25, -0.2) is 8.78 Å². The van der Waals surface area contributed by atoms with Crippen molar-refractivity contribution in [1.29, 1.82) is 0 Å². The highest BCUT2D eigenvalue weighted by molar-refractivity contribution is 5.75. The molecule has 0 heterocycles. The average molecular weight is 234 g/mol. The Hall–Kier alpha value is -2.10. The van der Waals surface area contributed by atoms with Gasteiger partial charge in [0.15, 0.2) is 0 Å². The lowest BCUT2D eigenvalue weighted by Gasteiger charge is -2.12. The normalized spacial score (nSPS) is 10.3. The molecule has 0 unspecified atom stereocenters. The summed E-state index contributed by atoms with van der Waals surface area (Å²) in [6.07, 6.45) is 0. The minimum absolute atomic E-state index is 0.190. The molecule has 0 saturated heterocycles. The van der Waals surface area contributed by atoms with Crippen LogP contribution in [-0.2, 0) is 0 Å². The number of nitrogen functional groups attached to an aromatic ring is 1. The van der Waals surface area contributed by atoms with Crippen molar-refractivity contribution in [3.63, 3.8) is 0 Å². The zero-order valence-electron chi connectivity index (χ0n) is 9.30. The summed E-state index contributed by atoms with van der Waals surface area (Å²) in [5, 5.41) is 2.67. The third-order valence-corrected chi connectivity index (χ3v) is 2.55. The molecule has 0 saturated carbocycles. The Labute approximate surface area is 98.1 Å². The maximum atomic E-state index is 13.4. The van der Waals surface area contributed by atoms with E-state index >= 15 is 0 Å². The molecule has 88 valence electrons. The van der Waals surface area contributed by atoms with E-state index in [0.29, 0.717) is 11.4 Å². The molecule has 0 fully saturated rings. The predicted octanol–water partition coefficient (Wildman–Crippen LogP) is 3.60. The zero-order chi connectivity index (χ0) is 12.4. The van der Waals surface area contributed by atoms with E-state index in [1.165, 1.54) is 18.2 Å². The van der Waals surface area contributed by atoms with Gasteiger partial charge in [0.05, 0.1) is 11.4 Å². The Balaban J connectivity index is 2.42. The third kappa shape index (κ3) is 2.20. The molecule has 0 amide bonds. The van der Waals surface area contributed by atoms with Crippen LogP contribution >= 0.6 is 0 Å². The van der Waals surface area contributed by atoms with Gasteiger partial charge in [-0.15, -0.1) is 0 Å². The van der Waals surface area contributed by atoms with Gasteiger partial charge in [0.2, 0.25) is 0 Å². The lowest BCUT2D eigenvalue weighted by atomic mass is 10.1. The van der Waals surface area contributed by atoms with Gasteiger partial charge < -0.3 is 11.1 Å². The van der Waals surface area contributed by atoms with Gasteiger partial charge in [-0.1, -0.05) is 18.2 Å². The maximum absolute atomic E-state index is 13.4. The number of para-hydroxylation sites is 2. The minimum atomic E-state index is -0.647. The van der Waals surface area contributed by atoms with E-state index in [9.17, 15) is 8.78 Å². The number of benzene rings is 2. The summed E-state index contributed by atoms with van der Waals surface area (Å²) in [6, 6.07) is 8.98. The molecule has 17 heavy (non-hydrogen) atoms. The van der Waals surface area contributed by atoms with Crippen LogP contribution in [0.15, 0.2) is 36.4 Å². The van der Waals surface area contributed by atoms with E-state index in [0.717, 1.165) is 5.56 Å². The number of halogens is 2. The smallest absolute Gasteiger partial charge is 0.149 e. The van der Waals surface area contributed by atoms with E-state index in [-0.39, 0.29) is 5.69 Å². The van der Waals surface area contributed by atoms with E-state index in [1.807, 2.05) is 13.0 Å². The Bertz CT molecular complexity index is 533. The molecular weight excluding hydrogens is 222 g/mol. The fourth-order valence-electron chi connectivity index (χ4n) is 1.54. The quantitative estimate of drug-likeness (QED) is 0.779. The lowest BCUT2D eigenvalue weighted by molar-refractivity contribution is 0.591. The summed E-state index contributed by atoms with van der Waals surface area (Å²) in [5.74, 6) is -1.29. The molecule has 2 rings (SSSR count). The second-order valence-electron chi connectivity index (χ2n) is 3.76. The Kier molecular flexibility index (Phi) is 2.95. The number of aryl methyl sites for hydroxylation is 1. The fraction of sp³-hybridized carbons (Fsp3) is 0.0769. The maximum Gasteiger partial charge on any atom is 0.149 e. The van der Waals surface area contributed by atoms with Crippen molar-refractivity contribution in [3.8, 4) is 0 Å².